The quantitative estimate of drug-likeness (QED) is 0.792. The fourth-order valence-corrected chi connectivity index (χ4v) is 3.03. The normalized spacial score (nSPS) is 16.4. The van der Waals surface area contributed by atoms with Crippen molar-refractivity contribution < 1.29 is 0 Å². The molecule has 0 amide bonds. The molecule has 4 heteroatoms. The van der Waals surface area contributed by atoms with Gasteiger partial charge < -0.3 is 10.2 Å². The summed E-state index contributed by atoms with van der Waals surface area (Å²) in [5.41, 5.74) is 1.15. The first kappa shape index (κ1) is 14.7. The molecular formula is C15H25N3S. The molecule has 0 aromatic carbocycles. The smallest absolute Gasteiger partial charge is 0.128 e. The summed E-state index contributed by atoms with van der Waals surface area (Å²) >= 11 is 1.90. The van der Waals surface area contributed by atoms with Crippen LogP contribution in [0.2, 0.25) is 0 Å². The van der Waals surface area contributed by atoms with Crippen LogP contribution in [0.15, 0.2) is 18.2 Å². The Hall–Kier alpha value is -0.740. The molecule has 0 saturated heterocycles. The number of nitrogens with zero attached hydrogens (tertiary/aromatic N) is 2. The minimum atomic E-state index is 0.564. The summed E-state index contributed by atoms with van der Waals surface area (Å²) in [6.07, 6.45) is 5.97. The Balaban J connectivity index is 1.98. The molecule has 1 unspecified atom stereocenters. The molecule has 1 aliphatic carbocycles. The van der Waals surface area contributed by atoms with Gasteiger partial charge in [0.25, 0.3) is 0 Å². The molecule has 2 rings (SSSR count). The van der Waals surface area contributed by atoms with E-state index in [2.05, 4.69) is 48.6 Å². The molecule has 0 radical (unpaired) electrons. The number of pyridine rings is 1. The fraction of sp³-hybridized carbons (Fsp3) is 0.667. The Bertz CT molecular complexity index is 393. The first-order chi connectivity index (χ1) is 9.24. The summed E-state index contributed by atoms with van der Waals surface area (Å²) in [5, 5.41) is 3.52. The van der Waals surface area contributed by atoms with Gasteiger partial charge in [-0.05, 0) is 37.7 Å². The molecular weight excluding hydrogens is 254 g/mol. The first-order valence-corrected chi connectivity index (χ1v) is 8.55. The van der Waals surface area contributed by atoms with Crippen LogP contribution in [0.1, 0.15) is 31.9 Å². The van der Waals surface area contributed by atoms with Crippen molar-refractivity contribution in [2.45, 2.75) is 44.8 Å². The molecule has 1 aliphatic rings. The molecule has 0 bridgehead atoms. The van der Waals surface area contributed by atoms with E-state index in [1.54, 1.807) is 0 Å². The van der Waals surface area contributed by atoms with E-state index in [1.807, 2.05) is 11.8 Å². The zero-order chi connectivity index (χ0) is 13.7. The Kier molecular flexibility index (Phi) is 5.52. The lowest BCUT2D eigenvalue weighted by Crippen LogP contribution is -2.34. The van der Waals surface area contributed by atoms with Crippen molar-refractivity contribution in [2.75, 3.05) is 24.0 Å². The zero-order valence-corrected chi connectivity index (χ0v) is 13.0. The van der Waals surface area contributed by atoms with E-state index in [4.69, 9.17) is 4.98 Å². The van der Waals surface area contributed by atoms with Crippen LogP contribution in [0.25, 0.3) is 0 Å². The van der Waals surface area contributed by atoms with Gasteiger partial charge >= 0.3 is 0 Å². The van der Waals surface area contributed by atoms with Crippen molar-refractivity contribution in [3.63, 3.8) is 0 Å². The number of anilines is 1. The average molecular weight is 279 g/mol. The van der Waals surface area contributed by atoms with Gasteiger partial charge in [-0.1, -0.05) is 13.0 Å². The molecule has 19 heavy (non-hydrogen) atoms. The molecule has 106 valence electrons. The SMILES string of the molecule is CCC(CSC)N(C)c1cccc(CNC2CC2)n1. The van der Waals surface area contributed by atoms with E-state index in [1.165, 1.54) is 12.8 Å². The summed E-state index contributed by atoms with van der Waals surface area (Å²) in [6, 6.07) is 7.65. The minimum absolute atomic E-state index is 0.564. The van der Waals surface area contributed by atoms with Crippen LogP contribution in [0.5, 0.6) is 0 Å². The average Bonchev–Trinajstić information content (AvgIpc) is 3.26. The summed E-state index contributed by atoms with van der Waals surface area (Å²) in [5.74, 6) is 2.25. The summed E-state index contributed by atoms with van der Waals surface area (Å²) in [4.78, 5) is 7.09. The van der Waals surface area contributed by atoms with Gasteiger partial charge in [-0.2, -0.15) is 11.8 Å². The molecule has 1 aromatic rings. The van der Waals surface area contributed by atoms with Crippen LogP contribution >= 0.6 is 11.8 Å². The van der Waals surface area contributed by atoms with Gasteiger partial charge in [0.05, 0.1) is 5.69 Å². The van der Waals surface area contributed by atoms with Gasteiger partial charge in [-0.3, -0.25) is 0 Å². The van der Waals surface area contributed by atoms with E-state index in [-0.39, 0.29) is 0 Å². The third-order valence-electron chi connectivity index (χ3n) is 3.68. The molecule has 3 nitrogen and oxygen atoms in total. The number of aromatic nitrogens is 1. The van der Waals surface area contributed by atoms with Gasteiger partial charge in [0, 0.05) is 31.4 Å². The lowest BCUT2D eigenvalue weighted by atomic mass is 10.2. The highest BCUT2D eigenvalue weighted by Crippen LogP contribution is 2.20. The first-order valence-electron chi connectivity index (χ1n) is 7.15. The molecule has 1 heterocycles. The van der Waals surface area contributed by atoms with Crippen LogP contribution in [0, 0.1) is 0 Å². The predicted octanol–water partition coefficient (Wildman–Crippen LogP) is 2.91. The zero-order valence-electron chi connectivity index (χ0n) is 12.2. The Morgan fingerprint density at radius 2 is 2.26 bits per heavy atom. The Morgan fingerprint density at radius 3 is 2.89 bits per heavy atom. The topological polar surface area (TPSA) is 28.2 Å². The number of rotatable bonds is 8. The molecule has 1 atom stereocenters. The van der Waals surface area contributed by atoms with Gasteiger partial charge in [-0.15, -0.1) is 0 Å². The highest BCUT2D eigenvalue weighted by molar-refractivity contribution is 7.98. The second-order valence-corrected chi connectivity index (χ2v) is 6.18. The molecule has 1 N–H and O–H groups in total. The maximum absolute atomic E-state index is 4.78. The van der Waals surface area contributed by atoms with Crippen molar-refractivity contribution in [3.8, 4) is 0 Å². The van der Waals surface area contributed by atoms with Crippen molar-refractivity contribution in [1.82, 2.24) is 10.3 Å². The molecule has 0 aliphatic heterocycles. The molecule has 1 fully saturated rings. The molecule has 1 saturated carbocycles. The predicted molar refractivity (Wildman–Crippen MR) is 85.0 cm³/mol. The monoisotopic (exact) mass is 279 g/mol. The van der Waals surface area contributed by atoms with Crippen LogP contribution in [0.4, 0.5) is 5.82 Å². The van der Waals surface area contributed by atoms with Crippen LogP contribution in [0.3, 0.4) is 0 Å². The Morgan fingerprint density at radius 1 is 1.47 bits per heavy atom. The van der Waals surface area contributed by atoms with Crippen LogP contribution in [-0.4, -0.2) is 36.1 Å². The van der Waals surface area contributed by atoms with Crippen molar-refractivity contribution >= 4 is 17.6 Å². The minimum Gasteiger partial charge on any atom is -0.356 e. The van der Waals surface area contributed by atoms with Gasteiger partial charge in [0.1, 0.15) is 5.82 Å². The van der Waals surface area contributed by atoms with E-state index < -0.39 is 0 Å². The number of hydrogen-bond acceptors (Lipinski definition) is 4. The van der Waals surface area contributed by atoms with Gasteiger partial charge in [0.15, 0.2) is 0 Å². The fourth-order valence-electron chi connectivity index (χ4n) is 2.18. The number of hydrogen-bond donors (Lipinski definition) is 1. The van der Waals surface area contributed by atoms with Crippen LogP contribution < -0.4 is 10.2 Å². The van der Waals surface area contributed by atoms with Crippen molar-refractivity contribution in [1.29, 1.82) is 0 Å². The van der Waals surface area contributed by atoms with E-state index >= 15 is 0 Å². The standard InChI is InChI=1S/C15H25N3S/c1-4-14(11-19-3)18(2)15-7-5-6-13(17-15)10-16-12-8-9-12/h5-7,12,14,16H,4,8-11H2,1-3H3. The second kappa shape index (κ2) is 7.15. The Labute approximate surface area is 121 Å². The molecule has 1 aromatic heterocycles. The lowest BCUT2D eigenvalue weighted by Gasteiger charge is -2.28. The highest BCUT2D eigenvalue weighted by atomic mass is 32.2. The van der Waals surface area contributed by atoms with Crippen molar-refractivity contribution in [2.24, 2.45) is 0 Å². The largest absolute Gasteiger partial charge is 0.356 e. The van der Waals surface area contributed by atoms with E-state index in [0.717, 1.165) is 36.3 Å². The lowest BCUT2D eigenvalue weighted by molar-refractivity contribution is 0.652. The van der Waals surface area contributed by atoms with Gasteiger partial charge in [0.2, 0.25) is 0 Å². The number of nitrogens with one attached hydrogen (secondary N) is 1. The van der Waals surface area contributed by atoms with Crippen LogP contribution in [-0.2, 0) is 6.54 Å². The van der Waals surface area contributed by atoms with Gasteiger partial charge in [-0.25, -0.2) is 4.98 Å². The summed E-state index contributed by atoms with van der Waals surface area (Å²) < 4.78 is 0. The maximum Gasteiger partial charge on any atom is 0.128 e. The highest BCUT2D eigenvalue weighted by Gasteiger charge is 2.20. The van der Waals surface area contributed by atoms with Crippen molar-refractivity contribution in [3.05, 3.63) is 23.9 Å². The molecule has 0 spiro atoms. The summed E-state index contributed by atoms with van der Waals surface area (Å²) in [7, 11) is 2.16. The summed E-state index contributed by atoms with van der Waals surface area (Å²) in [6.45, 7) is 3.14. The maximum atomic E-state index is 4.78. The van der Waals surface area contributed by atoms with E-state index in [0.29, 0.717) is 6.04 Å². The number of thioether (sulfide) groups is 1. The third-order valence-corrected chi connectivity index (χ3v) is 4.40. The third kappa shape index (κ3) is 4.39. The van der Waals surface area contributed by atoms with E-state index in [9.17, 15) is 0 Å². The second-order valence-electron chi connectivity index (χ2n) is 5.27.